The van der Waals surface area contributed by atoms with Gasteiger partial charge in [0.1, 0.15) is 29.1 Å². The second kappa shape index (κ2) is 47.6. The molecule has 0 unspecified atom stereocenters. The molecule has 0 amide bonds. The molecule has 6 aromatic heterocycles. The molecule has 0 bridgehead atoms. The van der Waals surface area contributed by atoms with Gasteiger partial charge in [-0.15, -0.1) is 0 Å². The van der Waals surface area contributed by atoms with Crippen LogP contribution in [0.4, 0.5) is 0 Å². The number of aromatic nitrogens is 11. The van der Waals surface area contributed by atoms with Gasteiger partial charge >= 0.3 is 0 Å². The van der Waals surface area contributed by atoms with Crippen LogP contribution in [0.15, 0.2) is 152 Å². The van der Waals surface area contributed by atoms with Crippen LogP contribution in [-0.2, 0) is 0 Å². The molecule has 12 aromatic rings. The highest BCUT2D eigenvalue weighted by Crippen LogP contribution is 2.19. The normalized spacial score (nSPS) is 9.14. The summed E-state index contributed by atoms with van der Waals surface area (Å²) >= 11 is 0. The van der Waals surface area contributed by atoms with Crippen LogP contribution in [0.2, 0.25) is 0 Å². The Balaban J connectivity index is 0. The van der Waals surface area contributed by atoms with E-state index in [0.29, 0.717) is 0 Å². The fraction of sp³-hybridized carbons (Fsp3) is 0.364. The zero-order valence-corrected chi connectivity index (χ0v) is 59.4. The fourth-order valence-electron chi connectivity index (χ4n) is 8.41. The van der Waals surface area contributed by atoms with Crippen molar-refractivity contribution < 1.29 is 0 Å². The summed E-state index contributed by atoms with van der Waals surface area (Å²) in [6, 6.07) is 50.6. The summed E-state index contributed by atoms with van der Waals surface area (Å²) < 4.78 is 0. The molecule has 0 aliphatic carbocycles. The Morgan fingerprint density at radius 2 is 0.341 bits per heavy atom. The Labute approximate surface area is 532 Å². The van der Waals surface area contributed by atoms with Gasteiger partial charge in [0.25, 0.3) is 0 Å². The zero-order valence-electron chi connectivity index (χ0n) is 59.4. The number of hydrogen-bond acceptors (Lipinski definition) is 11. The predicted octanol–water partition coefficient (Wildman–Crippen LogP) is 22.3. The van der Waals surface area contributed by atoms with Crippen LogP contribution in [0.5, 0.6) is 0 Å². The molecule has 11 nitrogen and oxygen atoms in total. The van der Waals surface area contributed by atoms with Gasteiger partial charge in [0.15, 0.2) is 0 Å². The van der Waals surface area contributed by atoms with Crippen molar-refractivity contribution in [3.05, 3.63) is 221 Å². The number of benzene rings is 6. The van der Waals surface area contributed by atoms with Gasteiger partial charge < -0.3 is 0 Å². The highest BCUT2D eigenvalue weighted by Gasteiger charge is 2.03. The van der Waals surface area contributed by atoms with Crippen LogP contribution in [-0.4, -0.2) is 54.8 Å². The van der Waals surface area contributed by atoms with E-state index in [9.17, 15) is 0 Å². The lowest BCUT2D eigenvalue weighted by molar-refractivity contribution is 1.05. The van der Waals surface area contributed by atoms with E-state index in [1.807, 2.05) is 320 Å². The SMILES string of the molecule is CC.CC.CC.CC.CC.CC.CC.CC.Cc1cc(C)c2ccccc2n1.Cc1nc(C)c2ccccc2n1.Cc1nc(C)c2ccccc2n1.Cc1nc(C)c2ccccc2n1.Cc1nc(C)c2ccccc2n1.Cc1nc(C)c2ccccc2n1. The number of pyridine rings is 1. The van der Waals surface area contributed by atoms with E-state index in [-0.39, 0.29) is 0 Å². The van der Waals surface area contributed by atoms with Crippen molar-refractivity contribution >= 4 is 65.4 Å². The van der Waals surface area contributed by atoms with Crippen molar-refractivity contribution in [2.75, 3.05) is 0 Å². The highest BCUT2D eigenvalue weighted by molar-refractivity contribution is 5.84. The van der Waals surface area contributed by atoms with Crippen molar-refractivity contribution in [2.45, 2.75) is 194 Å². The molecular weight excluding hydrogens is 1080 g/mol. The third-order valence-electron chi connectivity index (χ3n) is 11.6. The monoisotopic (exact) mass is 1190 g/mol. The molecule has 6 heterocycles. The average Bonchev–Trinajstić information content (AvgIpc) is 3.77. The Kier molecular flexibility index (Phi) is 44.0. The van der Waals surface area contributed by atoms with Gasteiger partial charge in [-0.25, -0.2) is 49.8 Å². The lowest BCUT2D eigenvalue weighted by Gasteiger charge is -2.01. The number of fused-ring (bicyclic) bond motifs is 6. The van der Waals surface area contributed by atoms with Gasteiger partial charge in [-0.1, -0.05) is 220 Å². The first-order chi connectivity index (χ1) is 42.6. The number of para-hydroxylation sites is 6. The standard InChI is InChI=1S/C11H11N.5C10H10N2.8C2H6/c1-8-7-9(2)12-11-6-4-3-5-10(8)11;5*1-7-9-5-3-4-6-10(9)12-8(2)11-7;8*1-2/h3-7H,1-2H3;5*3-6H,1-2H3;8*1-2H3. The van der Waals surface area contributed by atoms with Crippen molar-refractivity contribution in [1.82, 2.24) is 54.8 Å². The summed E-state index contributed by atoms with van der Waals surface area (Å²) in [5.41, 5.74) is 13.9. The Hall–Kier alpha value is -8.57. The molecule has 6 aromatic carbocycles. The summed E-state index contributed by atoms with van der Waals surface area (Å²) in [6.07, 6.45) is 0. The van der Waals surface area contributed by atoms with E-state index in [0.717, 1.165) is 123 Å². The van der Waals surface area contributed by atoms with E-state index < -0.39 is 0 Å². The van der Waals surface area contributed by atoms with E-state index in [4.69, 9.17) is 0 Å². The van der Waals surface area contributed by atoms with E-state index in [2.05, 4.69) is 79.9 Å². The van der Waals surface area contributed by atoms with Crippen LogP contribution in [0.25, 0.3) is 65.4 Å². The van der Waals surface area contributed by atoms with Gasteiger partial charge in [-0.05, 0) is 131 Å². The molecule has 0 saturated carbocycles. The minimum Gasteiger partial charge on any atom is -0.253 e. The molecule has 0 N–H and O–H groups in total. The van der Waals surface area contributed by atoms with E-state index >= 15 is 0 Å². The number of rotatable bonds is 0. The zero-order chi connectivity index (χ0) is 67.3. The van der Waals surface area contributed by atoms with Gasteiger partial charge in [0, 0.05) is 66.5 Å². The van der Waals surface area contributed by atoms with Crippen LogP contribution in [0.1, 0.15) is 180 Å². The van der Waals surface area contributed by atoms with Crippen LogP contribution < -0.4 is 0 Å². The van der Waals surface area contributed by atoms with Crippen LogP contribution >= 0.6 is 0 Å². The highest BCUT2D eigenvalue weighted by atomic mass is 14.9. The minimum atomic E-state index is 0.839. The lowest BCUT2D eigenvalue weighted by atomic mass is 10.1. The summed E-state index contributed by atoms with van der Waals surface area (Å²) in [4.78, 5) is 47.5. The lowest BCUT2D eigenvalue weighted by Crippen LogP contribution is -1.92. The number of aryl methyl sites for hydroxylation is 12. The molecule has 0 aliphatic rings. The summed E-state index contributed by atoms with van der Waals surface area (Å²) in [5.74, 6) is 4.20. The molecule has 12 rings (SSSR count). The van der Waals surface area contributed by atoms with Crippen molar-refractivity contribution in [3.8, 4) is 0 Å². The molecule has 0 saturated heterocycles. The van der Waals surface area contributed by atoms with Crippen molar-refractivity contribution in [3.63, 3.8) is 0 Å². The topological polar surface area (TPSA) is 142 Å². The van der Waals surface area contributed by atoms with Crippen molar-refractivity contribution in [2.24, 2.45) is 0 Å². The first-order valence-electron chi connectivity index (χ1n) is 32.0. The second-order valence-corrected chi connectivity index (χ2v) is 17.5. The second-order valence-electron chi connectivity index (χ2n) is 17.5. The quantitative estimate of drug-likeness (QED) is 0.143. The largest absolute Gasteiger partial charge is 0.253 e. The molecule has 0 radical (unpaired) electrons. The Morgan fingerprint density at radius 1 is 0.182 bits per heavy atom. The van der Waals surface area contributed by atoms with E-state index in [1.165, 1.54) is 10.9 Å². The van der Waals surface area contributed by atoms with Crippen LogP contribution in [0, 0.1) is 83.1 Å². The fourth-order valence-corrected chi connectivity index (χ4v) is 8.41. The minimum absolute atomic E-state index is 0.839. The van der Waals surface area contributed by atoms with Crippen LogP contribution in [0.3, 0.4) is 0 Å². The maximum Gasteiger partial charge on any atom is 0.126 e. The van der Waals surface area contributed by atoms with Gasteiger partial charge in [-0.3, -0.25) is 4.98 Å². The number of nitrogens with zero attached hydrogens (tertiary/aromatic N) is 11. The Bertz CT molecular complexity index is 3170. The Morgan fingerprint density at radius 3 is 0.534 bits per heavy atom. The third kappa shape index (κ3) is 27.0. The molecule has 0 atom stereocenters. The summed E-state index contributed by atoms with van der Waals surface area (Å²) in [5, 5.41) is 6.96. The first kappa shape index (κ1) is 81.5. The third-order valence-corrected chi connectivity index (χ3v) is 11.6. The molecule has 0 spiro atoms. The number of hydrogen-bond donors (Lipinski definition) is 0. The molecule has 11 heteroatoms. The molecular formula is C77H109N11. The maximum absolute atomic E-state index is 4.44. The smallest absolute Gasteiger partial charge is 0.126 e. The molecule has 472 valence electrons. The average molecular weight is 1190 g/mol. The maximum atomic E-state index is 4.44. The van der Waals surface area contributed by atoms with Crippen molar-refractivity contribution in [1.29, 1.82) is 0 Å². The van der Waals surface area contributed by atoms with Gasteiger partial charge in [0.2, 0.25) is 0 Å². The van der Waals surface area contributed by atoms with Gasteiger partial charge in [0.05, 0.1) is 33.1 Å². The van der Waals surface area contributed by atoms with Gasteiger partial charge in [-0.2, -0.15) is 0 Å². The molecule has 0 aliphatic heterocycles. The molecule has 0 fully saturated rings. The first-order valence-corrected chi connectivity index (χ1v) is 32.0. The summed E-state index contributed by atoms with van der Waals surface area (Å²) in [6.45, 7) is 55.8. The predicted molar refractivity (Wildman–Crippen MR) is 387 cm³/mol. The van der Waals surface area contributed by atoms with E-state index in [1.54, 1.807) is 0 Å². The molecule has 88 heavy (non-hydrogen) atoms. The summed E-state index contributed by atoms with van der Waals surface area (Å²) in [7, 11) is 0.